The van der Waals surface area contributed by atoms with Crippen molar-refractivity contribution in [3.8, 4) is 0 Å². The fourth-order valence-electron chi connectivity index (χ4n) is 1.10. The molecule has 0 unspecified atom stereocenters. The molecule has 1 saturated heterocycles. The molecule has 66 valence electrons. The van der Waals surface area contributed by atoms with Crippen molar-refractivity contribution in [2.75, 3.05) is 13.2 Å². The van der Waals surface area contributed by atoms with Crippen molar-refractivity contribution in [3.63, 3.8) is 0 Å². The molecule has 0 aromatic carbocycles. The van der Waals surface area contributed by atoms with Crippen LogP contribution in [0.4, 0.5) is 13.2 Å². The Morgan fingerprint density at radius 3 is 2.36 bits per heavy atom. The van der Waals surface area contributed by atoms with Crippen LogP contribution in [0.3, 0.4) is 0 Å². The molecular weight excluding hydrogens is 159 g/mol. The summed E-state index contributed by atoms with van der Waals surface area (Å²) in [6.45, 7) is -0.0576. The van der Waals surface area contributed by atoms with E-state index in [0.717, 1.165) is 0 Å². The van der Waals surface area contributed by atoms with Crippen LogP contribution in [0, 0.1) is 5.92 Å². The highest BCUT2D eigenvalue weighted by molar-refractivity contribution is 4.78. The first-order chi connectivity index (χ1) is 5.04. The molecule has 1 fully saturated rings. The molecule has 0 amide bonds. The molecule has 0 saturated carbocycles. The number of alkyl halides is 3. The molecule has 0 aromatic heterocycles. The highest BCUT2D eigenvalue weighted by Gasteiger charge is 2.44. The summed E-state index contributed by atoms with van der Waals surface area (Å²) in [4.78, 5) is 0. The van der Waals surface area contributed by atoms with Crippen LogP contribution in [0.5, 0.6) is 0 Å². The lowest BCUT2D eigenvalue weighted by Crippen LogP contribution is -2.24. The Hall–Kier alpha value is -0.290. The second-order valence-electron chi connectivity index (χ2n) is 2.67. The molecule has 2 atom stereocenters. The molecule has 11 heavy (non-hydrogen) atoms. The van der Waals surface area contributed by atoms with Gasteiger partial charge in [0.25, 0.3) is 0 Å². The molecule has 2 nitrogen and oxygen atoms in total. The van der Waals surface area contributed by atoms with Crippen LogP contribution in [0.2, 0.25) is 0 Å². The Balaban J connectivity index is 2.42. The lowest BCUT2D eigenvalue weighted by Gasteiger charge is -2.11. The van der Waals surface area contributed by atoms with E-state index in [4.69, 9.17) is 10.5 Å². The first-order valence-corrected chi connectivity index (χ1v) is 3.42. The topological polar surface area (TPSA) is 35.2 Å². The van der Waals surface area contributed by atoms with Gasteiger partial charge in [0.1, 0.15) is 0 Å². The Labute approximate surface area is 62.5 Å². The lowest BCUT2D eigenvalue weighted by atomic mass is 10.1. The van der Waals surface area contributed by atoms with Crippen LogP contribution in [0.15, 0.2) is 0 Å². The van der Waals surface area contributed by atoms with E-state index in [1.54, 1.807) is 0 Å². The number of ether oxygens (including phenoxy) is 1. The van der Waals surface area contributed by atoms with Crippen molar-refractivity contribution in [2.24, 2.45) is 11.7 Å². The molecule has 0 spiro atoms. The lowest BCUT2D eigenvalue weighted by molar-refractivity contribution is -0.173. The van der Waals surface area contributed by atoms with Crippen molar-refractivity contribution >= 4 is 0 Å². The van der Waals surface area contributed by atoms with Gasteiger partial charge in [0.05, 0.1) is 18.6 Å². The van der Waals surface area contributed by atoms with Gasteiger partial charge in [0.15, 0.2) is 0 Å². The number of hydrogen-bond donors (Lipinski definition) is 1. The molecule has 1 heterocycles. The second-order valence-corrected chi connectivity index (χ2v) is 2.67. The molecule has 1 aliphatic heterocycles. The van der Waals surface area contributed by atoms with Gasteiger partial charge in [-0.3, -0.25) is 0 Å². The first-order valence-electron chi connectivity index (χ1n) is 3.42. The number of halogens is 3. The average molecular weight is 169 g/mol. The summed E-state index contributed by atoms with van der Waals surface area (Å²) < 4.78 is 40.6. The maximum Gasteiger partial charge on any atom is 0.394 e. The minimum Gasteiger partial charge on any atom is -0.376 e. The number of nitrogens with two attached hydrogens (primary N) is 1. The van der Waals surface area contributed by atoms with Gasteiger partial charge in [0, 0.05) is 6.54 Å². The summed E-state index contributed by atoms with van der Waals surface area (Å²) >= 11 is 0. The molecule has 1 aliphatic rings. The Morgan fingerprint density at radius 1 is 1.45 bits per heavy atom. The maximum atomic E-state index is 11.9. The summed E-state index contributed by atoms with van der Waals surface area (Å²) in [6, 6.07) is 0. The minimum absolute atomic E-state index is 0.0139. The quantitative estimate of drug-likeness (QED) is 0.633. The highest BCUT2D eigenvalue weighted by Crippen LogP contribution is 2.34. The van der Waals surface area contributed by atoms with Crippen LogP contribution in [-0.2, 0) is 4.74 Å². The highest BCUT2D eigenvalue weighted by atomic mass is 19.4. The van der Waals surface area contributed by atoms with Crippen LogP contribution < -0.4 is 5.73 Å². The van der Waals surface area contributed by atoms with Crippen molar-refractivity contribution in [1.82, 2.24) is 0 Å². The standard InChI is InChI=1S/C6H10F3NO/c7-6(8,9)4-1-5(2-10)11-3-4/h4-5H,1-3,10H2/t4-,5+/m0/s1. The molecule has 0 radical (unpaired) electrons. The van der Waals surface area contributed by atoms with Gasteiger partial charge in [-0.05, 0) is 6.42 Å². The van der Waals surface area contributed by atoms with Crippen LogP contribution in [-0.4, -0.2) is 25.4 Å². The number of rotatable bonds is 1. The van der Waals surface area contributed by atoms with Crippen LogP contribution in [0.25, 0.3) is 0 Å². The molecular formula is C6H10F3NO. The molecule has 0 aliphatic carbocycles. The fourth-order valence-corrected chi connectivity index (χ4v) is 1.10. The number of hydrogen-bond acceptors (Lipinski definition) is 2. The van der Waals surface area contributed by atoms with E-state index >= 15 is 0 Å². The van der Waals surface area contributed by atoms with Crippen molar-refractivity contribution < 1.29 is 17.9 Å². The van der Waals surface area contributed by atoms with Crippen molar-refractivity contribution in [1.29, 1.82) is 0 Å². The fraction of sp³-hybridized carbons (Fsp3) is 1.00. The van der Waals surface area contributed by atoms with E-state index in [9.17, 15) is 13.2 Å². The summed E-state index contributed by atoms with van der Waals surface area (Å²) in [5.74, 6) is -1.31. The van der Waals surface area contributed by atoms with E-state index in [1.165, 1.54) is 0 Å². The van der Waals surface area contributed by atoms with E-state index in [0.29, 0.717) is 0 Å². The zero-order valence-electron chi connectivity index (χ0n) is 5.90. The predicted molar refractivity (Wildman–Crippen MR) is 33.0 cm³/mol. The molecule has 5 heteroatoms. The van der Waals surface area contributed by atoms with Crippen molar-refractivity contribution in [3.05, 3.63) is 0 Å². The van der Waals surface area contributed by atoms with E-state index in [1.807, 2.05) is 0 Å². The smallest absolute Gasteiger partial charge is 0.376 e. The Morgan fingerprint density at radius 2 is 2.09 bits per heavy atom. The second kappa shape index (κ2) is 2.98. The summed E-state index contributed by atoms with van der Waals surface area (Å²) in [5.41, 5.74) is 5.15. The third-order valence-corrected chi connectivity index (χ3v) is 1.81. The molecule has 2 N–H and O–H groups in total. The third kappa shape index (κ3) is 2.07. The zero-order valence-corrected chi connectivity index (χ0v) is 5.90. The summed E-state index contributed by atoms with van der Waals surface area (Å²) in [6.07, 6.45) is -4.51. The van der Waals surface area contributed by atoms with Crippen LogP contribution >= 0.6 is 0 Å². The Bertz CT molecular complexity index is 136. The van der Waals surface area contributed by atoms with E-state index < -0.39 is 18.2 Å². The monoisotopic (exact) mass is 169 g/mol. The van der Waals surface area contributed by atoms with Gasteiger partial charge in [0.2, 0.25) is 0 Å². The zero-order chi connectivity index (χ0) is 8.48. The summed E-state index contributed by atoms with van der Waals surface area (Å²) in [5, 5.41) is 0. The van der Waals surface area contributed by atoms with Gasteiger partial charge >= 0.3 is 6.18 Å². The van der Waals surface area contributed by atoms with Gasteiger partial charge in [-0.2, -0.15) is 13.2 Å². The Kier molecular flexibility index (Phi) is 2.39. The van der Waals surface area contributed by atoms with E-state index in [2.05, 4.69) is 0 Å². The summed E-state index contributed by atoms with van der Waals surface area (Å²) in [7, 11) is 0. The average Bonchev–Trinajstić information content (AvgIpc) is 2.32. The van der Waals surface area contributed by atoms with E-state index in [-0.39, 0.29) is 19.6 Å². The van der Waals surface area contributed by atoms with Gasteiger partial charge < -0.3 is 10.5 Å². The predicted octanol–water partition coefficient (Wildman–Crippen LogP) is 0.912. The normalized spacial score (nSPS) is 32.7. The maximum absolute atomic E-state index is 11.9. The van der Waals surface area contributed by atoms with Gasteiger partial charge in [-0.15, -0.1) is 0 Å². The minimum atomic E-state index is -4.12. The van der Waals surface area contributed by atoms with Crippen molar-refractivity contribution in [2.45, 2.75) is 18.7 Å². The first kappa shape index (κ1) is 8.80. The molecule has 0 aromatic rings. The third-order valence-electron chi connectivity index (χ3n) is 1.81. The van der Waals surface area contributed by atoms with Gasteiger partial charge in [-0.25, -0.2) is 0 Å². The molecule has 1 rings (SSSR count). The molecule has 0 bridgehead atoms. The van der Waals surface area contributed by atoms with Crippen LogP contribution in [0.1, 0.15) is 6.42 Å². The SMILES string of the molecule is NC[C@H]1C[C@H](C(F)(F)F)CO1. The van der Waals surface area contributed by atoms with Gasteiger partial charge in [-0.1, -0.05) is 0 Å². The largest absolute Gasteiger partial charge is 0.394 e.